The van der Waals surface area contributed by atoms with Crippen molar-refractivity contribution < 1.29 is 14.2 Å². The van der Waals surface area contributed by atoms with Crippen LogP contribution in [0.4, 0.5) is 0 Å². The molecule has 1 aromatic heterocycles. The lowest BCUT2D eigenvalue weighted by atomic mass is 9.97. The molecular formula is C19H19NO3. The summed E-state index contributed by atoms with van der Waals surface area (Å²) in [6.45, 7) is 0.932. The molecule has 0 amide bonds. The van der Waals surface area contributed by atoms with Crippen molar-refractivity contribution in [1.29, 1.82) is 0 Å². The summed E-state index contributed by atoms with van der Waals surface area (Å²) in [6.07, 6.45) is 0.963. The Morgan fingerprint density at radius 1 is 0.870 bits per heavy atom. The van der Waals surface area contributed by atoms with Crippen molar-refractivity contribution in [3.8, 4) is 28.5 Å². The number of aryl methyl sites for hydroxylation is 2. The Hall–Kier alpha value is -2.62. The zero-order chi connectivity index (χ0) is 16.0. The molecule has 0 N–H and O–H groups in total. The first-order valence-electron chi connectivity index (χ1n) is 7.68. The molecule has 0 bridgehead atoms. The molecule has 23 heavy (non-hydrogen) atoms. The summed E-state index contributed by atoms with van der Waals surface area (Å²) in [5, 5.41) is 1.20. The largest absolute Gasteiger partial charge is 0.495 e. The second-order valence-corrected chi connectivity index (χ2v) is 5.69. The van der Waals surface area contributed by atoms with Crippen LogP contribution in [0, 0.1) is 0 Å². The van der Waals surface area contributed by atoms with Crippen molar-refractivity contribution >= 4 is 10.9 Å². The Bertz CT molecular complexity index is 895. The Balaban J connectivity index is 2.00. The van der Waals surface area contributed by atoms with E-state index in [0.717, 1.165) is 35.7 Å². The van der Waals surface area contributed by atoms with Gasteiger partial charge in [-0.25, -0.2) is 0 Å². The fraction of sp³-hybridized carbons (Fsp3) is 0.263. The fourth-order valence-corrected chi connectivity index (χ4v) is 3.51. The van der Waals surface area contributed by atoms with Crippen LogP contribution in [0.25, 0.3) is 22.2 Å². The van der Waals surface area contributed by atoms with Crippen molar-refractivity contribution in [3.05, 3.63) is 42.0 Å². The number of methoxy groups -OCH3 is 3. The highest BCUT2D eigenvalue weighted by atomic mass is 16.5. The smallest absolute Gasteiger partial charge is 0.161 e. The van der Waals surface area contributed by atoms with Gasteiger partial charge in [0, 0.05) is 23.2 Å². The van der Waals surface area contributed by atoms with Crippen LogP contribution in [0.5, 0.6) is 17.2 Å². The highest BCUT2D eigenvalue weighted by Crippen LogP contribution is 2.42. The standard InChI is InChI=1S/C19H19NO3/c1-21-16-6-4-5-13-9-15-14-11-18(23-3)17(22-2)10-12(14)7-8-20(15)19(13)16/h4-6,9-11H,7-8H2,1-3H3. The van der Waals surface area contributed by atoms with Gasteiger partial charge in [-0.1, -0.05) is 12.1 Å². The number of hydrogen-bond donors (Lipinski definition) is 0. The van der Waals surface area contributed by atoms with Gasteiger partial charge in [-0.05, 0) is 36.2 Å². The molecule has 0 atom stereocenters. The summed E-state index contributed by atoms with van der Waals surface area (Å²) < 4.78 is 18.8. The minimum Gasteiger partial charge on any atom is -0.495 e. The highest BCUT2D eigenvalue weighted by Gasteiger charge is 2.22. The molecule has 0 radical (unpaired) electrons. The van der Waals surface area contributed by atoms with E-state index in [-0.39, 0.29) is 0 Å². The molecule has 0 saturated carbocycles. The number of nitrogens with zero attached hydrogens (tertiary/aromatic N) is 1. The van der Waals surface area contributed by atoms with Gasteiger partial charge in [-0.15, -0.1) is 0 Å². The minimum atomic E-state index is 0.761. The monoisotopic (exact) mass is 309 g/mol. The Kier molecular flexibility index (Phi) is 3.18. The molecule has 2 heterocycles. The van der Waals surface area contributed by atoms with E-state index in [0.29, 0.717) is 0 Å². The fourth-order valence-electron chi connectivity index (χ4n) is 3.51. The molecule has 3 aromatic rings. The maximum atomic E-state index is 5.56. The quantitative estimate of drug-likeness (QED) is 0.736. The molecule has 0 spiro atoms. The number of rotatable bonds is 3. The van der Waals surface area contributed by atoms with Crippen molar-refractivity contribution in [2.75, 3.05) is 21.3 Å². The molecule has 0 aliphatic carbocycles. The third kappa shape index (κ3) is 1.98. The van der Waals surface area contributed by atoms with Gasteiger partial charge in [0.05, 0.1) is 26.8 Å². The maximum absolute atomic E-state index is 5.56. The lowest BCUT2D eigenvalue weighted by molar-refractivity contribution is 0.354. The van der Waals surface area contributed by atoms with Crippen LogP contribution in [0.3, 0.4) is 0 Å². The molecule has 1 aliphatic rings. The predicted octanol–water partition coefficient (Wildman–Crippen LogP) is 3.89. The molecule has 0 fully saturated rings. The maximum Gasteiger partial charge on any atom is 0.161 e. The molecule has 4 nitrogen and oxygen atoms in total. The molecule has 4 heteroatoms. The van der Waals surface area contributed by atoms with Gasteiger partial charge in [0.15, 0.2) is 11.5 Å². The second-order valence-electron chi connectivity index (χ2n) is 5.69. The van der Waals surface area contributed by atoms with E-state index in [9.17, 15) is 0 Å². The molecule has 1 aliphatic heterocycles. The average Bonchev–Trinajstić information content (AvgIpc) is 2.99. The number of ether oxygens (including phenoxy) is 3. The number of fused-ring (bicyclic) bond motifs is 5. The zero-order valence-electron chi connectivity index (χ0n) is 13.6. The normalized spacial score (nSPS) is 12.7. The Morgan fingerprint density at radius 3 is 2.35 bits per heavy atom. The van der Waals surface area contributed by atoms with E-state index in [4.69, 9.17) is 14.2 Å². The SMILES string of the molecule is COc1cc2c(cc1OC)-c1cc3cccc(OC)c3n1CC2. The number of hydrogen-bond acceptors (Lipinski definition) is 3. The number of benzene rings is 2. The van der Waals surface area contributed by atoms with Crippen LogP contribution in [0.1, 0.15) is 5.56 Å². The van der Waals surface area contributed by atoms with Gasteiger partial charge in [0.2, 0.25) is 0 Å². The molecule has 0 unspecified atom stereocenters. The lowest BCUT2D eigenvalue weighted by Gasteiger charge is -2.22. The molecule has 0 saturated heterocycles. The molecular weight excluding hydrogens is 290 g/mol. The van der Waals surface area contributed by atoms with Crippen molar-refractivity contribution in [3.63, 3.8) is 0 Å². The summed E-state index contributed by atoms with van der Waals surface area (Å²) in [4.78, 5) is 0. The van der Waals surface area contributed by atoms with Crippen LogP contribution >= 0.6 is 0 Å². The third-order valence-electron chi connectivity index (χ3n) is 4.59. The van der Waals surface area contributed by atoms with Crippen molar-refractivity contribution in [1.82, 2.24) is 4.57 Å². The van der Waals surface area contributed by atoms with Gasteiger partial charge in [-0.3, -0.25) is 0 Å². The first kappa shape index (κ1) is 14.0. The van der Waals surface area contributed by atoms with Crippen LogP contribution in [0.15, 0.2) is 36.4 Å². The third-order valence-corrected chi connectivity index (χ3v) is 4.59. The summed E-state index contributed by atoms with van der Waals surface area (Å²) in [6, 6.07) is 12.6. The summed E-state index contributed by atoms with van der Waals surface area (Å²) in [7, 11) is 5.07. The Morgan fingerprint density at radius 2 is 1.61 bits per heavy atom. The van der Waals surface area contributed by atoms with Crippen LogP contribution < -0.4 is 14.2 Å². The van der Waals surface area contributed by atoms with E-state index in [1.807, 2.05) is 12.1 Å². The molecule has 2 aromatic carbocycles. The minimum absolute atomic E-state index is 0.761. The molecule has 118 valence electrons. The van der Waals surface area contributed by atoms with Crippen LogP contribution in [-0.4, -0.2) is 25.9 Å². The van der Waals surface area contributed by atoms with E-state index in [2.05, 4.69) is 28.8 Å². The van der Waals surface area contributed by atoms with Gasteiger partial charge < -0.3 is 18.8 Å². The second kappa shape index (κ2) is 5.23. The summed E-state index contributed by atoms with van der Waals surface area (Å²) in [5.41, 5.74) is 4.85. The molecule has 4 rings (SSSR count). The van der Waals surface area contributed by atoms with Crippen LogP contribution in [-0.2, 0) is 13.0 Å². The number of para-hydroxylation sites is 1. The first-order chi connectivity index (χ1) is 11.3. The lowest BCUT2D eigenvalue weighted by Crippen LogP contribution is -2.11. The Labute approximate surface area is 135 Å². The van der Waals surface area contributed by atoms with E-state index in [1.54, 1.807) is 21.3 Å². The average molecular weight is 309 g/mol. The van der Waals surface area contributed by atoms with E-state index in [1.165, 1.54) is 22.2 Å². The highest BCUT2D eigenvalue weighted by molar-refractivity contribution is 5.92. The van der Waals surface area contributed by atoms with Crippen LogP contribution in [0.2, 0.25) is 0 Å². The van der Waals surface area contributed by atoms with Gasteiger partial charge in [0.25, 0.3) is 0 Å². The van der Waals surface area contributed by atoms with Gasteiger partial charge in [0.1, 0.15) is 5.75 Å². The van der Waals surface area contributed by atoms with Gasteiger partial charge in [-0.2, -0.15) is 0 Å². The van der Waals surface area contributed by atoms with Crippen molar-refractivity contribution in [2.45, 2.75) is 13.0 Å². The summed E-state index contributed by atoms with van der Waals surface area (Å²) >= 11 is 0. The topological polar surface area (TPSA) is 32.6 Å². The van der Waals surface area contributed by atoms with Crippen molar-refractivity contribution in [2.24, 2.45) is 0 Å². The zero-order valence-corrected chi connectivity index (χ0v) is 13.6. The van der Waals surface area contributed by atoms with E-state index < -0.39 is 0 Å². The van der Waals surface area contributed by atoms with Gasteiger partial charge >= 0.3 is 0 Å². The first-order valence-corrected chi connectivity index (χ1v) is 7.68. The number of aromatic nitrogens is 1. The summed E-state index contributed by atoms with van der Waals surface area (Å²) in [5.74, 6) is 2.46. The van der Waals surface area contributed by atoms with E-state index >= 15 is 0 Å². The predicted molar refractivity (Wildman–Crippen MR) is 90.7 cm³/mol.